The fourth-order valence-corrected chi connectivity index (χ4v) is 2.03. The summed E-state index contributed by atoms with van der Waals surface area (Å²) in [7, 11) is 1.89. The largest absolute Gasteiger partial charge is 0.387 e. The number of rotatable bonds is 5. The number of hydrogen-bond donors (Lipinski definition) is 2. The Morgan fingerprint density at radius 2 is 2.17 bits per heavy atom. The molecule has 1 atom stereocenters. The molecule has 0 aliphatic carbocycles. The van der Waals surface area contributed by atoms with E-state index in [9.17, 15) is 5.11 Å². The van der Waals surface area contributed by atoms with Gasteiger partial charge >= 0.3 is 0 Å². The molecule has 2 rings (SSSR count). The van der Waals surface area contributed by atoms with Crippen LogP contribution in [0.5, 0.6) is 0 Å². The minimum absolute atomic E-state index is 0.453. The Morgan fingerprint density at radius 1 is 1.39 bits per heavy atom. The van der Waals surface area contributed by atoms with Crippen molar-refractivity contribution in [3.05, 3.63) is 52.8 Å². The number of aryl methyl sites for hydroxylation is 1. The van der Waals surface area contributed by atoms with Crippen LogP contribution < -0.4 is 5.32 Å². The van der Waals surface area contributed by atoms with Crippen molar-refractivity contribution >= 4 is 11.6 Å². The number of aliphatic hydroxyl groups excluding tert-OH is 1. The molecule has 2 aromatic rings. The molecule has 4 nitrogen and oxygen atoms in total. The molecule has 1 heterocycles. The lowest BCUT2D eigenvalue weighted by Gasteiger charge is -2.13. The molecular formula is C13H16ClN3O. The van der Waals surface area contributed by atoms with E-state index < -0.39 is 6.10 Å². The molecule has 0 spiro atoms. The molecule has 0 saturated carbocycles. The van der Waals surface area contributed by atoms with Gasteiger partial charge in [-0.1, -0.05) is 29.8 Å². The zero-order valence-corrected chi connectivity index (χ0v) is 10.9. The lowest BCUT2D eigenvalue weighted by atomic mass is 10.1. The first-order valence-electron chi connectivity index (χ1n) is 5.78. The summed E-state index contributed by atoms with van der Waals surface area (Å²) in [5, 5.41) is 17.9. The van der Waals surface area contributed by atoms with Crippen LogP contribution in [-0.4, -0.2) is 21.4 Å². The van der Waals surface area contributed by atoms with Gasteiger partial charge in [0.2, 0.25) is 0 Å². The molecule has 0 radical (unpaired) electrons. The van der Waals surface area contributed by atoms with Crippen LogP contribution in [-0.2, 0) is 13.6 Å². The summed E-state index contributed by atoms with van der Waals surface area (Å²) in [6.07, 6.45) is 1.15. The van der Waals surface area contributed by atoms with Crippen molar-refractivity contribution in [1.29, 1.82) is 0 Å². The van der Waals surface area contributed by atoms with E-state index in [0.29, 0.717) is 18.1 Å². The molecule has 0 bridgehead atoms. The second-order valence-corrected chi connectivity index (χ2v) is 4.52. The maximum Gasteiger partial charge on any atom is 0.0928 e. The predicted octanol–water partition coefficient (Wildman–Crippen LogP) is 1.90. The first-order chi connectivity index (χ1) is 8.68. The van der Waals surface area contributed by atoms with Gasteiger partial charge in [0.15, 0.2) is 0 Å². The summed E-state index contributed by atoms with van der Waals surface area (Å²) in [6, 6.07) is 9.27. The summed E-state index contributed by atoms with van der Waals surface area (Å²) in [4.78, 5) is 0. The molecule has 96 valence electrons. The van der Waals surface area contributed by atoms with Crippen LogP contribution in [0.1, 0.15) is 17.4 Å². The first kappa shape index (κ1) is 13.1. The number of halogens is 1. The molecule has 0 saturated heterocycles. The predicted molar refractivity (Wildman–Crippen MR) is 71.3 cm³/mol. The number of hydrogen-bond acceptors (Lipinski definition) is 3. The molecule has 1 unspecified atom stereocenters. The third-order valence-corrected chi connectivity index (χ3v) is 3.17. The second kappa shape index (κ2) is 6.00. The van der Waals surface area contributed by atoms with Crippen LogP contribution in [0.3, 0.4) is 0 Å². The topological polar surface area (TPSA) is 50.1 Å². The molecule has 1 aromatic carbocycles. The molecule has 0 fully saturated rings. The van der Waals surface area contributed by atoms with Crippen LogP contribution >= 0.6 is 11.6 Å². The second-order valence-electron chi connectivity index (χ2n) is 4.11. The number of nitrogens with zero attached hydrogens (tertiary/aromatic N) is 2. The monoisotopic (exact) mass is 265 g/mol. The fraction of sp³-hybridized carbons (Fsp3) is 0.308. The fourth-order valence-electron chi connectivity index (χ4n) is 1.77. The van der Waals surface area contributed by atoms with Gasteiger partial charge in [0, 0.05) is 36.9 Å². The highest BCUT2D eigenvalue weighted by molar-refractivity contribution is 6.31. The van der Waals surface area contributed by atoms with Gasteiger partial charge in [-0.2, -0.15) is 5.10 Å². The van der Waals surface area contributed by atoms with Gasteiger partial charge in [0.05, 0.1) is 11.8 Å². The van der Waals surface area contributed by atoms with Crippen molar-refractivity contribution in [1.82, 2.24) is 15.1 Å². The number of benzene rings is 1. The average molecular weight is 266 g/mol. The van der Waals surface area contributed by atoms with Gasteiger partial charge in [-0.25, -0.2) is 0 Å². The summed E-state index contributed by atoms with van der Waals surface area (Å²) in [5.41, 5.74) is 1.82. The quantitative estimate of drug-likeness (QED) is 0.868. The Labute approximate surface area is 111 Å². The average Bonchev–Trinajstić information content (AvgIpc) is 2.75. The molecule has 0 aliphatic heterocycles. The van der Waals surface area contributed by atoms with E-state index in [1.807, 2.05) is 31.3 Å². The molecule has 0 aliphatic rings. The van der Waals surface area contributed by atoms with E-state index in [1.54, 1.807) is 16.9 Å². The van der Waals surface area contributed by atoms with Crippen LogP contribution in [0.15, 0.2) is 36.5 Å². The highest BCUT2D eigenvalue weighted by Gasteiger charge is 2.10. The summed E-state index contributed by atoms with van der Waals surface area (Å²) >= 11 is 6.02. The molecule has 0 amide bonds. The summed E-state index contributed by atoms with van der Waals surface area (Å²) in [5.74, 6) is 0. The molecule has 1 aromatic heterocycles. The van der Waals surface area contributed by atoms with Crippen molar-refractivity contribution in [2.45, 2.75) is 12.6 Å². The smallest absolute Gasteiger partial charge is 0.0928 e. The first-order valence-corrected chi connectivity index (χ1v) is 6.16. The van der Waals surface area contributed by atoms with E-state index in [1.165, 1.54) is 0 Å². The van der Waals surface area contributed by atoms with E-state index in [2.05, 4.69) is 10.4 Å². The zero-order valence-electron chi connectivity index (χ0n) is 10.2. The Kier molecular flexibility index (Phi) is 4.36. The normalized spacial score (nSPS) is 12.6. The van der Waals surface area contributed by atoms with Gasteiger partial charge in [-0.15, -0.1) is 0 Å². The SMILES string of the molecule is Cn1nccc1CNCC(O)c1ccccc1Cl. The van der Waals surface area contributed by atoms with E-state index in [0.717, 1.165) is 11.3 Å². The minimum Gasteiger partial charge on any atom is -0.387 e. The van der Waals surface area contributed by atoms with Gasteiger partial charge in [-0.3, -0.25) is 4.68 Å². The lowest BCUT2D eigenvalue weighted by Crippen LogP contribution is -2.22. The van der Waals surface area contributed by atoms with E-state index in [4.69, 9.17) is 11.6 Å². The van der Waals surface area contributed by atoms with Crippen molar-refractivity contribution in [2.75, 3.05) is 6.54 Å². The Morgan fingerprint density at radius 3 is 2.83 bits per heavy atom. The lowest BCUT2D eigenvalue weighted by molar-refractivity contribution is 0.174. The van der Waals surface area contributed by atoms with Crippen molar-refractivity contribution in [3.63, 3.8) is 0 Å². The number of nitrogens with one attached hydrogen (secondary N) is 1. The van der Waals surface area contributed by atoms with E-state index >= 15 is 0 Å². The standard InChI is InChI=1S/C13H16ClN3O/c1-17-10(6-7-16-17)8-15-9-13(18)11-4-2-3-5-12(11)14/h2-7,13,15,18H,8-9H2,1H3. The van der Waals surface area contributed by atoms with Crippen LogP contribution in [0, 0.1) is 0 Å². The highest BCUT2D eigenvalue weighted by Crippen LogP contribution is 2.21. The van der Waals surface area contributed by atoms with Gasteiger partial charge in [0.1, 0.15) is 0 Å². The maximum absolute atomic E-state index is 10.0. The molecular weight excluding hydrogens is 250 g/mol. The van der Waals surface area contributed by atoms with Gasteiger partial charge in [0.25, 0.3) is 0 Å². The van der Waals surface area contributed by atoms with Gasteiger partial charge < -0.3 is 10.4 Å². The maximum atomic E-state index is 10.0. The Balaban J connectivity index is 1.87. The zero-order chi connectivity index (χ0) is 13.0. The number of aliphatic hydroxyl groups is 1. The Bertz CT molecular complexity index is 512. The molecule has 2 N–H and O–H groups in total. The van der Waals surface area contributed by atoms with Crippen LogP contribution in [0.25, 0.3) is 0 Å². The van der Waals surface area contributed by atoms with E-state index in [-0.39, 0.29) is 0 Å². The van der Waals surface area contributed by atoms with Crippen LogP contribution in [0.4, 0.5) is 0 Å². The van der Waals surface area contributed by atoms with Crippen molar-refractivity contribution < 1.29 is 5.11 Å². The van der Waals surface area contributed by atoms with Gasteiger partial charge in [-0.05, 0) is 12.1 Å². The number of aromatic nitrogens is 2. The van der Waals surface area contributed by atoms with Crippen molar-refractivity contribution in [2.24, 2.45) is 7.05 Å². The molecule has 5 heteroatoms. The summed E-state index contributed by atoms with van der Waals surface area (Å²) in [6.45, 7) is 1.12. The van der Waals surface area contributed by atoms with Crippen LogP contribution in [0.2, 0.25) is 5.02 Å². The van der Waals surface area contributed by atoms with Crippen molar-refractivity contribution in [3.8, 4) is 0 Å². The summed E-state index contributed by atoms with van der Waals surface area (Å²) < 4.78 is 1.80. The third kappa shape index (κ3) is 3.10. The minimum atomic E-state index is -0.605. The molecule has 18 heavy (non-hydrogen) atoms. The Hall–Kier alpha value is -1.36. The third-order valence-electron chi connectivity index (χ3n) is 2.83. The highest BCUT2D eigenvalue weighted by atomic mass is 35.5.